The van der Waals surface area contributed by atoms with Crippen molar-refractivity contribution in [1.82, 2.24) is 0 Å². The number of benzene rings is 1. The van der Waals surface area contributed by atoms with Crippen LogP contribution >= 0.6 is 11.8 Å². The van der Waals surface area contributed by atoms with E-state index in [9.17, 15) is 9.59 Å². The quantitative estimate of drug-likeness (QED) is 0.534. The second-order valence-electron chi connectivity index (χ2n) is 5.48. The van der Waals surface area contributed by atoms with E-state index in [2.05, 4.69) is 10.1 Å². The second kappa shape index (κ2) is 10.3. The maximum atomic E-state index is 12.1. The lowest BCUT2D eigenvalue weighted by molar-refractivity contribution is -0.140. The summed E-state index contributed by atoms with van der Waals surface area (Å²) in [5.41, 5.74) is 7.78. The molecular weight excluding hydrogens is 312 g/mol. The van der Waals surface area contributed by atoms with Crippen LogP contribution in [0.1, 0.15) is 32.3 Å². The van der Waals surface area contributed by atoms with Crippen molar-refractivity contribution in [3.8, 4) is 0 Å². The van der Waals surface area contributed by atoms with Gasteiger partial charge in [-0.15, -0.1) is 0 Å². The summed E-state index contributed by atoms with van der Waals surface area (Å²) in [6.45, 7) is 3.99. The van der Waals surface area contributed by atoms with Crippen molar-refractivity contribution in [2.75, 3.05) is 18.2 Å². The summed E-state index contributed by atoms with van der Waals surface area (Å²) in [5, 5.41) is 2.87. The molecule has 1 rings (SSSR count). The van der Waals surface area contributed by atoms with Gasteiger partial charge in [0.15, 0.2) is 0 Å². The van der Waals surface area contributed by atoms with E-state index in [4.69, 9.17) is 5.73 Å². The summed E-state index contributed by atoms with van der Waals surface area (Å²) in [6, 6.07) is 7.18. The average Bonchev–Trinajstić information content (AvgIpc) is 2.57. The first-order valence-corrected chi connectivity index (χ1v) is 8.93. The highest BCUT2D eigenvalue weighted by atomic mass is 32.2. The number of hydrogen-bond acceptors (Lipinski definition) is 5. The number of ether oxygens (including phenoxy) is 1. The molecule has 0 saturated heterocycles. The topological polar surface area (TPSA) is 81.4 Å². The van der Waals surface area contributed by atoms with Gasteiger partial charge in [0.2, 0.25) is 5.91 Å². The molecule has 3 N–H and O–H groups in total. The van der Waals surface area contributed by atoms with Crippen molar-refractivity contribution in [2.45, 2.75) is 38.5 Å². The Morgan fingerprint density at radius 3 is 2.78 bits per heavy atom. The maximum Gasteiger partial charge on any atom is 0.306 e. The molecule has 0 saturated carbocycles. The van der Waals surface area contributed by atoms with Gasteiger partial charge >= 0.3 is 5.97 Å². The Balaban J connectivity index is 2.50. The number of hydrogen-bond donors (Lipinski definition) is 2. The molecule has 1 amide bonds. The average molecular weight is 338 g/mol. The van der Waals surface area contributed by atoms with E-state index in [1.807, 2.05) is 38.1 Å². The molecule has 0 aliphatic rings. The number of anilines is 1. The lowest BCUT2D eigenvalue weighted by Gasteiger charge is -2.18. The first-order chi connectivity index (χ1) is 11.0. The van der Waals surface area contributed by atoms with Crippen LogP contribution in [0.25, 0.3) is 0 Å². The normalized spacial score (nSPS) is 13.2. The van der Waals surface area contributed by atoms with E-state index in [1.165, 1.54) is 7.11 Å². The monoisotopic (exact) mass is 338 g/mol. The van der Waals surface area contributed by atoms with Crippen molar-refractivity contribution >= 4 is 29.3 Å². The third kappa shape index (κ3) is 7.05. The van der Waals surface area contributed by atoms with Gasteiger partial charge in [-0.2, -0.15) is 11.8 Å². The zero-order chi connectivity index (χ0) is 17.2. The first kappa shape index (κ1) is 19.5. The molecule has 0 spiro atoms. The van der Waals surface area contributed by atoms with Crippen LogP contribution in [0.3, 0.4) is 0 Å². The molecule has 5 nitrogen and oxygen atoms in total. The Morgan fingerprint density at radius 1 is 1.39 bits per heavy atom. The van der Waals surface area contributed by atoms with Gasteiger partial charge in [-0.3, -0.25) is 9.59 Å². The van der Waals surface area contributed by atoms with Crippen LogP contribution in [-0.4, -0.2) is 30.8 Å². The van der Waals surface area contributed by atoms with Crippen molar-refractivity contribution in [3.63, 3.8) is 0 Å². The van der Waals surface area contributed by atoms with Crippen LogP contribution in [0.4, 0.5) is 5.69 Å². The Hall–Kier alpha value is -1.53. The van der Waals surface area contributed by atoms with Gasteiger partial charge < -0.3 is 15.8 Å². The number of carbonyl (C=O) groups is 2. The Kier molecular flexibility index (Phi) is 8.73. The van der Waals surface area contributed by atoms with Gasteiger partial charge in [0.05, 0.1) is 19.6 Å². The van der Waals surface area contributed by atoms with Crippen LogP contribution in [0.2, 0.25) is 0 Å². The Bertz CT molecular complexity index is 522. The van der Waals surface area contributed by atoms with E-state index >= 15 is 0 Å². The fourth-order valence-electron chi connectivity index (χ4n) is 1.92. The van der Waals surface area contributed by atoms with E-state index in [0.717, 1.165) is 23.4 Å². The lowest BCUT2D eigenvalue weighted by Crippen LogP contribution is -2.40. The molecule has 6 heteroatoms. The SMILES string of the molecule is CCC(C)C(N)C(=O)Nc1cccc(CSCCC(=O)OC)c1. The molecule has 0 radical (unpaired) electrons. The fraction of sp³-hybridized carbons (Fsp3) is 0.529. The van der Waals surface area contributed by atoms with Gasteiger partial charge in [0, 0.05) is 17.2 Å². The number of nitrogens with one attached hydrogen (secondary N) is 1. The van der Waals surface area contributed by atoms with Crippen molar-refractivity contribution in [2.24, 2.45) is 11.7 Å². The summed E-state index contributed by atoms with van der Waals surface area (Å²) in [5.74, 6) is 1.28. The molecule has 23 heavy (non-hydrogen) atoms. The fourth-order valence-corrected chi connectivity index (χ4v) is 2.79. The molecule has 0 aliphatic carbocycles. The predicted molar refractivity (Wildman–Crippen MR) is 95.3 cm³/mol. The second-order valence-corrected chi connectivity index (χ2v) is 6.58. The van der Waals surface area contributed by atoms with Crippen LogP contribution in [0, 0.1) is 5.92 Å². The summed E-state index contributed by atoms with van der Waals surface area (Å²) in [6.07, 6.45) is 1.27. The molecule has 2 unspecified atom stereocenters. The third-order valence-corrected chi connectivity index (χ3v) is 4.73. The third-order valence-electron chi connectivity index (χ3n) is 3.70. The highest BCUT2D eigenvalue weighted by molar-refractivity contribution is 7.98. The highest BCUT2D eigenvalue weighted by Crippen LogP contribution is 2.18. The van der Waals surface area contributed by atoms with Crippen LogP contribution in [-0.2, 0) is 20.1 Å². The van der Waals surface area contributed by atoms with Crippen molar-refractivity contribution in [1.29, 1.82) is 0 Å². The van der Waals surface area contributed by atoms with E-state index in [-0.39, 0.29) is 17.8 Å². The minimum absolute atomic E-state index is 0.145. The lowest BCUT2D eigenvalue weighted by atomic mass is 9.99. The van der Waals surface area contributed by atoms with Gasteiger partial charge in [-0.25, -0.2) is 0 Å². The number of nitrogens with two attached hydrogens (primary N) is 1. The van der Waals surface area contributed by atoms with Gasteiger partial charge in [-0.05, 0) is 23.6 Å². The molecule has 0 aliphatic heterocycles. The summed E-state index contributed by atoms with van der Waals surface area (Å²) >= 11 is 1.65. The van der Waals surface area contributed by atoms with Crippen molar-refractivity contribution < 1.29 is 14.3 Å². The zero-order valence-electron chi connectivity index (χ0n) is 14.0. The summed E-state index contributed by atoms with van der Waals surface area (Å²) < 4.78 is 4.60. The molecule has 0 fully saturated rings. The molecule has 128 valence electrons. The molecule has 1 aromatic rings. The van der Waals surface area contributed by atoms with E-state index < -0.39 is 6.04 Å². The van der Waals surface area contributed by atoms with E-state index in [0.29, 0.717) is 12.2 Å². The predicted octanol–water partition coefficient (Wildman–Crippen LogP) is 2.79. The number of esters is 1. The van der Waals surface area contributed by atoms with Gasteiger partial charge in [0.25, 0.3) is 0 Å². The number of carbonyl (C=O) groups excluding carboxylic acids is 2. The molecule has 0 aromatic heterocycles. The largest absolute Gasteiger partial charge is 0.469 e. The Labute approximate surface area is 142 Å². The first-order valence-electron chi connectivity index (χ1n) is 7.77. The highest BCUT2D eigenvalue weighted by Gasteiger charge is 2.19. The van der Waals surface area contributed by atoms with Crippen LogP contribution < -0.4 is 11.1 Å². The molecule has 0 bridgehead atoms. The van der Waals surface area contributed by atoms with E-state index in [1.54, 1.807) is 11.8 Å². The summed E-state index contributed by atoms with van der Waals surface area (Å²) in [4.78, 5) is 23.1. The smallest absolute Gasteiger partial charge is 0.306 e. The standard InChI is InChI=1S/C17H26N2O3S/c1-4-12(2)16(18)17(21)19-14-7-5-6-13(10-14)11-23-9-8-15(20)22-3/h5-7,10,12,16H,4,8-9,11,18H2,1-3H3,(H,19,21). The minimum atomic E-state index is -0.502. The minimum Gasteiger partial charge on any atom is -0.469 e. The Morgan fingerprint density at radius 2 is 2.13 bits per heavy atom. The number of thioether (sulfide) groups is 1. The zero-order valence-corrected chi connectivity index (χ0v) is 14.8. The molecule has 2 atom stereocenters. The number of rotatable bonds is 9. The molecular formula is C17H26N2O3S. The summed E-state index contributed by atoms with van der Waals surface area (Å²) in [7, 11) is 1.39. The van der Waals surface area contributed by atoms with Crippen LogP contribution in [0.5, 0.6) is 0 Å². The van der Waals surface area contributed by atoms with Crippen molar-refractivity contribution in [3.05, 3.63) is 29.8 Å². The molecule has 0 heterocycles. The molecule has 1 aromatic carbocycles. The maximum absolute atomic E-state index is 12.1. The number of amides is 1. The van der Waals surface area contributed by atoms with Gasteiger partial charge in [-0.1, -0.05) is 32.4 Å². The van der Waals surface area contributed by atoms with Crippen LogP contribution in [0.15, 0.2) is 24.3 Å². The van der Waals surface area contributed by atoms with Gasteiger partial charge in [0.1, 0.15) is 0 Å². The number of methoxy groups -OCH3 is 1.